The number of carbonyl (C=O) groups excluding carboxylic acids is 1. The van der Waals surface area contributed by atoms with Gasteiger partial charge in [0, 0.05) is 19.6 Å². The molecule has 0 aromatic carbocycles. The average Bonchev–Trinajstić information content (AvgIpc) is 2.48. The van der Waals surface area contributed by atoms with Gasteiger partial charge < -0.3 is 15.5 Å². The van der Waals surface area contributed by atoms with Crippen molar-refractivity contribution in [2.24, 2.45) is 0 Å². The van der Waals surface area contributed by atoms with Crippen LogP contribution in [0.1, 0.15) is 6.42 Å². The van der Waals surface area contributed by atoms with E-state index in [2.05, 4.69) is 5.32 Å². The van der Waals surface area contributed by atoms with Crippen molar-refractivity contribution in [3.63, 3.8) is 0 Å². The van der Waals surface area contributed by atoms with Crippen molar-refractivity contribution in [2.45, 2.75) is 12.5 Å². The van der Waals surface area contributed by atoms with Crippen LogP contribution < -0.4 is 5.32 Å². The highest BCUT2D eigenvalue weighted by Gasteiger charge is 2.21. The maximum absolute atomic E-state index is 11.1. The molecule has 0 bridgehead atoms. The summed E-state index contributed by atoms with van der Waals surface area (Å²) in [5.41, 5.74) is 0. The van der Waals surface area contributed by atoms with E-state index in [9.17, 15) is 9.90 Å². The van der Waals surface area contributed by atoms with E-state index in [1.165, 1.54) is 0 Å². The van der Waals surface area contributed by atoms with Crippen molar-refractivity contribution in [2.75, 3.05) is 32.8 Å². The summed E-state index contributed by atoms with van der Waals surface area (Å²) < 4.78 is 0. The number of likely N-dealkylation sites (tertiary alicyclic amines) is 1. The lowest BCUT2D eigenvalue weighted by Gasteiger charge is -2.13. The standard InChI is InChI=1S/C8H16N2O3/c11-4-2-9-8(13)6-10-3-1-7(12)5-10/h7,11-12H,1-6H2,(H,9,13). The number of aliphatic hydroxyl groups is 2. The highest BCUT2D eigenvalue weighted by atomic mass is 16.3. The summed E-state index contributed by atoms with van der Waals surface area (Å²) >= 11 is 0. The molecular formula is C8H16N2O3. The van der Waals surface area contributed by atoms with Crippen LogP contribution in [0.3, 0.4) is 0 Å². The maximum Gasteiger partial charge on any atom is 0.234 e. The van der Waals surface area contributed by atoms with Gasteiger partial charge in [0.15, 0.2) is 0 Å². The molecule has 1 fully saturated rings. The molecule has 1 heterocycles. The molecule has 0 aliphatic carbocycles. The summed E-state index contributed by atoms with van der Waals surface area (Å²) in [5.74, 6) is -0.0943. The molecule has 0 spiro atoms. The Hall–Kier alpha value is -0.650. The fourth-order valence-corrected chi connectivity index (χ4v) is 1.41. The number of nitrogens with one attached hydrogen (secondary N) is 1. The molecule has 3 N–H and O–H groups in total. The van der Waals surface area contributed by atoms with Crippen LogP contribution in [0, 0.1) is 0 Å². The molecule has 0 aromatic rings. The number of hydrogen-bond acceptors (Lipinski definition) is 4. The molecule has 0 saturated carbocycles. The summed E-state index contributed by atoms with van der Waals surface area (Å²) in [6.07, 6.45) is 0.457. The van der Waals surface area contributed by atoms with E-state index in [1.807, 2.05) is 4.90 Å². The number of nitrogens with zero attached hydrogens (tertiary/aromatic N) is 1. The maximum atomic E-state index is 11.1. The van der Waals surface area contributed by atoms with Crippen LogP contribution in [0.15, 0.2) is 0 Å². The lowest BCUT2D eigenvalue weighted by molar-refractivity contribution is -0.122. The van der Waals surface area contributed by atoms with Crippen molar-refractivity contribution in [1.82, 2.24) is 10.2 Å². The van der Waals surface area contributed by atoms with Crippen molar-refractivity contribution < 1.29 is 15.0 Å². The van der Waals surface area contributed by atoms with E-state index >= 15 is 0 Å². The highest BCUT2D eigenvalue weighted by molar-refractivity contribution is 5.78. The third-order valence-electron chi connectivity index (χ3n) is 2.05. The average molecular weight is 188 g/mol. The quantitative estimate of drug-likeness (QED) is 0.485. The lowest BCUT2D eigenvalue weighted by Crippen LogP contribution is -2.37. The first kappa shape index (κ1) is 10.4. The third-order valence-corrected chi connectivity index (χ3v) is 2.05. The molecule has 76 valence electrons. The number of amides is 1. The van der Waals surface area contributed by atoms with E-state index in [-0.39, 0.29) is 18.6 Å². The van der Waals surface area contributed by atoms with Crippen LogP contribution in [-0.4, -0.2) is 59.9 Å². The zero-order chi connectivity index (χ0) is 9.68. The van der Waals surface area contributed by atoms with Gasteiger partial charge in [-0.05, 0) is 6.42 Å². The minimum Gasteiger partial charge on any atom is -0.395 e. The Balaban J connectivity index is 2.13. The summed E-state index contributed by atoms with van der Waals surface area (Å²) in [6, 6.07) is 0. The number of β-amino-alcohol motifs (C(OH)–C–C–N with tert-alkyl or cyclic N) is 1. The molecule has 1 unspecified atom stereocenters. The lowest BCUT2D eigenvalue weighted by atomic mass is 10.3. The molecule has 0 radical (unpaired) electrons. The first-order chi connectivity index (χ1) is 6.22. The fourth-order valence-electron chi connectivity index (χ4n) is 1.41. The Labute approximate surface area is 77.3 Å². The van der Waals surface area contributed by atoms with Gasteiger partial charge in [0.2, 0.25) is 5.91 Å². The minimum atomic E-state index is -0.286. The molecule has 1 rings (SSSR count). The predicted molar refractivity (Wildman–Crippen MR) is 47.2 cm³/mol. The minimum absolute atomic E-state index is 0.0334. The molecule has 5 heteroatoms. The molecule has 1 aliphatic heterocycles. The van der Waals surface area contributed by atoms with E-state index in [1.54, 1.807) is 0 Å². The normalized spacial score (nSPS) is 23.4. The van der Waals surface area contributed by atoms with Gasteiger partial charge in [-0.2, -0.15) is 0 Å². The predicted octanol–water partition coefficient (Wildman–Crippen LogP) is -1.84. The van der Waals surface area contributed by atoms with Crippen molar-refractivity contribution >= 4 is 5.91 Å². The monoisotopic (exact) mass is 188 g/mol. The Kier molecular flexibility index (Phi) is 4.14. The van der Waals surface area contributed by atoms with Gasteiger partial charge >= 0.3 is 0 Å². The van der Waals surface area contributed by atoms with Crippen molar-refractivity contribution in [1.29, 1.82) is 0 Å². The Morgan fingerprint density at radius 2 is 2.38 bits per heavy atom. The van der Waals surface area contributed by atoms with Crippen LogP contribution in [0.5, 0.6) is 0 Å². The van der Waals surface area contributed by atoms with Gasteiger partial charge in [0.25, 0.3) is 0 Å². The molecule has 13 heavy (non-hydrogen) atoms. The second-order valence-corrected chi connectivity index (χ2v) is 3.25. The Morgan fingerprint density at radius 3 is 2.92 bits per heavy atom. The second kappa shape index (κ2) is 5.16. The summed E-state index contributed by atoms with van der Waals surface area (Å²) in [7, 11) is 0. The van der Waals surface area contributed by atoms with Crippen LogP contribution >= 0.6 is 0 Å². The zero-order valence-electron chi connectivity index (χ0n) is 7.57. The first-order valence-corrected chi connectivity index (χ1v) is 4.50. The zero-order valence-corrected chi connectivity index (χ0v) is 7.57. The summed E-state index contributed by atoms with van der Waals surface area (Å²) in [4.78, 5) is 13.0. The molecule has 0 aromatic heterocycles. The van der Waals surface area contributed by atoms with Crippen molar-refractivity contribution in [3.8, 4) is 0 Å². The van der Waals surface area contributed by atoms with Crippen molar-refractivity contribution in [3.05, 3.63) is 0 Å². The number of aliphatic hydroxyl groups excluding tert-OH is 2. The fraction of sp³-hybridized carbons (Fsp3) is 0.875. The van der Waals surface area contributed by atoms with Crippen LogP contribution in [0.4, 0.5) is 0 Å². The Bertz CT molecular complexity index is 175. The molecule has 1 aliphatic rings. The van der Waals surface area contributed by atoms with Crippen LogP contribution in [-0.2, 0) is 4.79 Å². The second-order valence-electron chi connectivity index (χ2n) is 3.25. The number of hydrogen-bond donors (Lipinski definition) is 3. The van der Waals surface area contributed by atoms with E-state index < -0.39 is 0 Å². The summed E-state index contributed by atoms with van der Waals surface area (Å²) in [5, 5.41) is 20.2. The molecule has 1 saturated heterocycles. The third kappa shape index (κ3) is 3.71. The van der Waals surface area contributed by atoms with Crippen LogP contribution in [0.2, 0.25) is 0 Å². The van der Waals surface area contributed by atoms with Crippen LogP contribution in [0.25, 0.3) is 0 Å². The number of carbonyl (C=O) groups is 1. The van der Waals surface area contributed by atoms with Gasteiger partial charge in [0.1, 0.15) is 0 Å². The molecule has 5 nitrogen and oxygen atoms in total. The van der Waals surface area contributed by atoms with Gasteiger partial charge in [0.05, 0.1) is 19.3 Å². The smallest absolute Gasteiger partial charge is 0.234 e. The van der Waals surface area contributed by atoms with Gasteiger partial charge in [-0.1, -0.05) is 0 Å². The molecule has 1 atom stereocenters. The SMILES string of the molecule is O=C(CN1CCC(O)C1)NCCO. The molecule has 1 amide bonds. The number of rotatable bonds is 4. The summed E-state index contributed by atoms with van der Waals surface area (Å²) in [6.45, 7) is 1.93. The Morgan fingerprint density at radius 1 is 1.62 bits per heavy atom. The van der Waals surface area contributed by atoms with Gasteiger partial charge in [-0.25, -0.2) is 0 Å². The highest BCUT2D eigenvalue weighted by Crippen LogP contribution is 2.07. The van der Waals surface area contributed by atoms with E-state index in [0.29, 0.717) is 19.6 Å². The topological polar surface area (TPSA) is 72.8 Å². The van der Waals surface area contributed by atoms with Gasteiger partial charge in [-0.15, -0.1) is 0 Å². The first-order valence-electron chi connectivity index (χ1n) is 4.50. The van der Waals surface area contributed by atoms with E-state index in [0.717, 1.165) is 13.0 Å². The largest absolute Gasteiger partial charge is 0.395 e. The molecular weight excluding hydrogens is 172 g/mol. The van der Waals surface area contributed by atoms with Gasteiger partial charge in [-0.3, -0.25) is 9.69 Å². The van der Waals surface area contributed by atoms with E-state index in [4.69, 9.17) is 5.11 Å².